The Morgan fingerprint density at radius 3 is 2.81 bits per heavy atom. The molecule has 0 aromatic carbocycles. The van der Waals surface area contributed by atoms with Crippen molar-refractivity contribution in [3.63, 3.8) is 0 Å². The van der Waals surface area contributed by atoms with Gasteiger partial charge in [-0.25, -0.2) is 0 Å². The van der Waals surface area contributed by atoms with Crippen LogP contribution in [0.3, 0.4) is 0 Å². The van der Waals surface area contributed by atoms with E-state index in [9.17, 15) is 9.59 Å². The first-order valence-corrected chi connectivity index (χ1v) is 9.24. The number of rotatable bonds is 5. The van der Waals surface area contributed by atoms with Crippen LogP contribution in [0.4, 0.5) is 0 Å². The van der Waals surface area contributed by atoms with Crippen molar-refractivity contribution < 1.29 is 14.7 Å². The minimum atomic E-state index is -0.771. The van der Waals surface area contributed by atoms with Crippen LogP contribution in [0.15, 0.2) is 6.07 Å². The minimum absolute atomic E-state index is 0.0453. The van der Waals surface area contributed by atoms with E-state index in [0.29, 0.717) is 6.54 Å². The summed E-state index contributed by atoms with van der Waals surface area (Å²) >= 11 is 3.50. The third-order valence-electron chi connectivity index (χ3n) is 4.42. The predicted octanol–water partition coefficient (Wildman–Crippen LogP) is 2.91. The fourth-order valence-electron chi connectivity index (χ4n) is 3.03. The van der Waals surface area contributed by atoms with E-state index < -0.39 is 5.97 Å². The van der Waals surface area contributed by atoms with Crippen molar-refractivity contribution in [3.05, 3.63) is 21.4 Å². The molecule has 1 fully saturated rings. The lowest BCUT2D eigenvalue weighted by atomic mass is 9.66. The molecule has 1 aromatic heterocycles. The van der Waals surface area contributed by atoms with Gasteiger partial charge in [0.25, 0.3) is 5.91 Å². The fraction of sp³-hybridized carbons (Fsp3) is 0.600. The van der Waals surface area contributed by atoms with Gasteiger partial charge >= 0.3 is 5.97 Å². The summed E-state index contributed by atoms with van der Waals surface area (Å²) in [5.41, 5.74) is 1.08. The number of carbonyl (C=O) groups excluding carboxylic acids is 1. The lowest BCUT2D eigenvalue weighted by molar-refractivity contribution is -0.141. The van der Waals surface area contributed by atoms with Crippen molar-refractivity contribution in [1.82, 2.24) is 5.32 Å². The molecule has 1 aliphatic carbocycles. The van der Waals surface area contributed by atoms with E-state index >= 15 is 0 Å². The van der Waals surface area contributed by atoms with Crippen LogP contribution < -0.4 is 5.32 Å². The molecule has 2 aliphatic rings. The number of hydrogen-bond acceptors (Lipinski definition) is 4. The third kappa shape index (κ3) is 3.26. The van der Waals surface area contributed by atoms with E-state index in [1.54, 1.807) is 11.3 Å². The largest absolute Gasteiger partial charge is 0.481 e. The highest BCUT2D eigenvalue weighted by Gasteiger charge is 2.39. The Balaban J connectivity index is 1.61. The molecule has 0 radical (unpaired) electrons. The van der Waals surface area contributed by atoms with Crippen LogP contribution in [0.25, 0.3) is 0 Å². The summed E-state index contributed by atoms with van der Waals surface area (Å²) in [4.78, 5) is 25.3. The molecular weight excluding hydrogens is 306 g/mol. The maximum Gasteiger partial charge on any atom is 0.303 e. The van der Waals surface area contributed by atoms with Gasteiger partial charge in [0.1, 0.15) is 0 Å². The van der Waals surface area contributed by atoms with Gasteiger partial charge in [-0.2, -0.15) is 11.8 Å². The highest BCUT2D eigenvalue weighted by Crippen LogP contribution is 2.43. The van der Waals surface area contributed by atoms with Crippen LogP contribution in [-0.4, -0.2) is 29.3 Å². The SMILES string of the molecule is O=C(O)CC1(CNC(=O)c2cc3c(s2)CCSC3)CCC1. The Bertz CT molecular complexity index is 540. The number of thiophene rings is 1. The second kappa shape index (κ2) is 6.01. The van der Waals surface area contributed by atoms with E-state index in [4.69, 9.17) is 5.11 Å². The van der Waals surface area contributed by atoms with Crippen LogP contribution in [0.5, 0.6) is 0 Å². The molecule has 1 saturated carbocycles. The molecule has 2 N–H and O–H groups in total. The van der Waals surface area contributed by atoms with Crippen LogP contribution in [0.2, 0.25) is 0 Å². The number of fused-ring (bicyclic) bond motifs is 1. The van der Waals surface area contributed by atoms with Gasteiger partial charge in [0.2, 0.25) is 0 Å². The zero-order valence-electron chi connectivity index (χ0n) is 11.8. The smallest absolute Gasteiger partial charge is 0.303 e. The normalized spacial score (nSPS) is 19.4. The second-order valence-corrected chi connectivity index (χ2v) is 8.21. The molecule has 1 amide bonds. The number of thioether (sulfide) groups is 1. The average molecular weight is 325 g/mol. The van der Waals surface area contributed by atoms with Crippen molar-refractivity contribution in [2.45, 2.75) is 37.9 Å². The van der Waals surface area contributed by atoms with Crippen molar-refractivity contribution in [2.75, 3.05) is 12.3 Å². The molecule has 21 heavy (non-hydrogen) atoms. The average Bonchev–Trinajstić information content (AvgIpc) is 2.84. The molecule has 0 unspecified atom stereocenters. The molecule has 6 heteroatoms. The molecule has 1 aliphatic heterocycles. The fourth-order valence-corrected chi connectivity index (χ4v) is 5.32. The molecule has 4 nitrogen and oxygen atoms in total. The van der Waals surface area contributed by atoms with Gasteiger partial charge < -0.3 is 10.4 Å². The van der Waals surface area contributed by atoms with Crippen molar-refractivity contribution in [3.8, 4) is 0 Å². The van der Waals surface area contributed by atoms with Gasteiger partial charge in [0.15, 0.2) is 0 Å². The highest BCUT2D eigenvalue weighted by atomic mass is 32.2. The number of nitrogens with one attached hydrogen (secondary N) is 1. The summed E-state index contributed by atoms with van der Waals surface area (Å²) in [5.74, 6) is 1.32. The van der Waals surface area contributed by atoms with Crippen LogP contribution in [0.1, 0.15) is 45.8 Å². The topological polar surface area (TPSA) is 66.4 Å². The van der Waals surface area contributed by atoms with Gasteiger partial charge in [-0.1, -0.05) is 6.42 Å². The predicted molar refractivity (Wildman–Crippen MR) is 85.1 cm³/mol. The van der Waals surface area contributed by atoms with Gasteiger partial charge in [-0.3, -0.25) is 9.59 Å². The van der Waals surface area contributed by atoms with E-state index in [1.807, 2.05) is 17.8 Å². The number of carboxylic acid groups (broad SMARTS) is 1. The van der Waals surface area contributed by atoms with E-state index in [1.165, 1.54) is 10.4 Å². The summed E-state index contributed by atoms with van der Waals surface area (Å²) in [6, 6.07) is 2.01. The monoisotopic (exact) mass is 325 g/mol. The molecule has 1 aromatic rings. The molecule has 0 atom stereocenters. The number of carboxylic acids is 1. The number of amides is 1. The van der Waals surface area contributed by atoms with Crippen LogP contribution in [-0.2, 0) is 17.0 Å². The van der Waals surface area contributed by atoms with Gasteiger partial charge in [-0.05, 0) is 42.1 Å². The molecule has 114 valence electrons. The Kier molecular flexibility index (Phi) is 4.26. The summed E-state index contributed by atoms with van der Waals surface area (Å²) in [6.07, 6.45) is 4.08. The zero-order chi connectivity index (χ0) is 14.9. The number of aryl methyl sites for hydroxylation is 1. The highest BCUT2D eigenvalue weighted by molar-refractivity contribution is 7.98. The zero-order valence-corrected chi connectivity index (χ0v) is 13.4. The maximum atomic E-state index is 12.3. The van der Waals surface area contributed by atoms with Gasteiger partial charge in [-0.15, -0.1) is 11.3 Å². The quantitative estimate of drug-likeness (QED) is 0.873. The standard InChI is InChI=1S/C15H19NO3S2/c17-13(18)7-15(3-1-4-15)9-16-14(19)12-6-10-8-20-5-2-11(10)21-12/h6H,1-5,7-9H2,(H,16,19)(H,17,18). The minimum Gasteiger partial charge on any atom is -0.481 e. The van der Waals surface area contributed by atoms with Gasteiger partial charge in [0.05, 0.1) is 11.3 Å². The van der Waals surface area contributed by atoms with E-state index in [-0.39, 0.29) is 17.7 Å². The van der Waals surface area contributed by atoms with Crippen LogP contribution in [0, 0.1) is 5.41 Å². The molecule has 0 spiro atoms. The Labute approximate surface area is 132 Å². The number of hydrogen-bond donors (Lipinski definition) is 2. The van der Waals surface area contributed by atoms with E-state index in [2.05, 4.69) is 5.32 Å². The molecule has 0 bridgehead atoms. The first-order valence-electron chi connectivity index (χ1n) is 7.27. The van der Waals surface area contributed by atoms with Crippen molar-refractivity contribution >= 4 is 35.0 Å². The lowest BCUT2D eigenvalue weighted by Crippen LogP contribution is -2.43. The summed E-state index contributed by atoms with van der Waals surface area (Å²) in [6.45, 7) is 0.482. The number of carbonyl (C=O) groups is 2. The second-order valence-electron chi connectivity index (χ2n) is 5.97. The Morgan fingerprint density at radius 2 is 2.19 bits per heavy atom. The molecular formula is C15H19NO3S2. The first-order chi connectivity index (χ1) is 10.1. The summed E-state index contributed by atoms with van der Waals surface area (Å²) in [7, 11) is 0. The lowest BCUT2D eigenvalue weighted by Gasteiger charge is -2.40. The Morgan fingerprint density at radius 1 is 1.38 bits per heavy atom. The first kappa shape index (κ1) is 14.9. The Hall–Kier alpha value is -1.01. The maximum absolute atomic E-state index is 12.3. The molecule has 3 rings (SSSR count). The number of aliphatic carboxylic acids is 1. The third-order valence-corrected chi connectivity index (χ3v) is 6.66. The van der Waals surface area contributed by atoms with Crippen molar-refractivity contribution in [1.29, 1.82) is 0 Å². The summed E-state index contributed by atoms with van der Waals surface area (Å²) < 4.78 is 0. The van der Waals surface area contributed by atoms with Crippen LogP contribution >= 0.6 is 23.1 Å². The van der Waals surface area contributed by atoms with E-state index in [0.717, 1.165) is 42.1 Å². The molecule has 2 heterocycles. The van der Waals surface area contributed by atoms with Crippen molar-refractivity contribution in [2.24, 2.45) is 5.41 Å². The molecule has 0 saturated heterocycles. The van der Waals surface area contributed by atoms with Gasteiger partial charge in [0, 0.05) is 17.2 Å². The summed E-state index contributed by atoms with van der Waals surface area (Å²) in [5, 5.41) is 12.0.